The Morgan fingerprint density at radius 3 is 2.27 bits per heavy atom. The first-order chi connectivity index (χ1) is 15.9. The van der Waals surface area contributed by atoms with Crippen molar-refractivity contribution in [3.63, 3.8) is 0 Å². The Morgan fingerprint density at radius 1 is 0.939 bits per heavy atom. The monoisotopic (exact) mass is 463 g/mol. The number of carboxylic acids is 1. The van der Waals surface area contributed by atoms with E-state index in [2.05, 4.69) is 5.32 Å². The van der Waals surface area contributed by atoms with E-state index >= 15 is 0 Å². The van der Waals surface area contributed by atoms with Crippen LogP contribution in [0.3, 0.4) is 0 Å². The van der Waals surface area contributed by atoms with Crippen molar-refractivity contribution in [2.45, 2.75) is 19.3 Å². The number of amides is 1. The van der Waals surface area contributed by atoms with Crippen LogP contribution in [-0.4, -0.2) is 34.5 Å². The molecule has 3 aromatic rings. The standard InChI is InChI=1S/C26H25NO5S/c1-18-22(26(30)31)13-8-14-23(18)27-24(28)15-20(19-9-4-2-5-10-19)17-33-25(29)16-32-21-11-6-3-7-12-21/h2-14,20H,15-17H2,1H3,(H,27,28)(H,30,31). The van der Waals surface area contributed by atoms with Crippen LogP contribution in [0, 0.1) is 6.92 Å². The van der Waals surface area contributed by atoms with Gasteiger partial charge in [-0.05, 0) is 42.3 Å². The zero-order chi connectivity index (χ0) is 23.6. The van der Waals surface area contributed by atoms with E-state index in [-0.39, 0.29) is 35.5 Å². The van der Waals surface area contributed by atoms with Gasteiger partial charge in [-0.2, -0.15) is 0 Å². The molecule has 0 aliphatic heterocycles. The second-order valence-corrected chi connectivity index (χ2v) is 8.51. The van der Waals surface area contributed by atoms with Gasteiger partial charge in [0.05, 0.1) is 5.56 Å². The SMILES string of the molecule is Cc1c(NC(=O)CC(CSC(=O)COc2ccccc2)c2ccccc2)cccc1C(=O)O. The van der Waals surface area contributed by atoms with Gasteiger partial charge in [-0.1, -0.05) is 66.4 Å². The van der Waals surface area contributed by atoms with Gasteiger partial charge in [-0.15, -0.1) is 0 Å². The summed E-state index contributed by atoms with van der Waals surface area (Å²) >= 11 is 1.13. The Labute approximate surface area is 197 Å². The maximum atomic E-state index is 12.8. The number of hydrogen-bond acceptors (Lipinski definition) is 5. The topological polar surface area (TPSA) is 92.7 Å². The molecule has 0 aromatic heterocycles. The molecule has 3 rings (SSSR count). The number of para-hydroxylation sites is 1. The molecule has 0 aliphatic carbocycles. The average Bonchev–Trinajstić information content (AvgIpc) is 2.82. The van der Waals surface area contributed by atoms with Crippen LogP contribution in [0.25, 0.3) is 0 Å². The number of rotatable bonds is 10. The van der Waals surface area contributed by atoms with Crippen molar-refractivity contribution in [1.29, 1.82) is 0 Å². The largest absolute Gasteiger partial charge is 0.485 e. The molecule has 0 heterocycles. The molecular weight excluding hydrogens is 438 g/mol. The summed E-state index contributed by atoms with van der Waals surface area (Å²) in [7, 11) is 0. The van der Waals surface area contributed by atoms with Gasteiger partial charge >= 0.3 is 5.97 Å². The van der Waals surface area contributed by atoms with Gasteiger partial charge in [0.15, 0.2) is 6.61 Å². The molecule has 170 valence electrons. The minimum absolute atomic E-state index is 0.0520. The molecule has 0 aliphatic rings. The second-order valence-electron chi connectivity index (χ2n) is 7.43. The normalized spacial score (nSPS) is 11.4. The lowest BCUT2D eigenvalue weighted by Gasteiger charge is -2.17. The van der Waals surface area contributed by atoms with Crippen molar-refractivity contribution in [1.82, 2.24) is 0 Å². The van der Waals surface area contributed by atoms with Crippen LogP contribution in [0.5, 0.6) is 5.75 Å². The van der Waals surface area contributed by atoms with Gasteiger partial charge in [0.1, 0.15) is 5.75 Å². The average molecular weight is 464 g/mol. The fourth-order valence-corrected chi connectivity index (χ4v) is 4.16. The number of nitrogens with one attached hydrogen (secondary N) is 1. The smallest absolute Gasteiger partial charge is 0.336 e. The predicted octanol–water partition coefficient (Wildman–Crippen LogP) is 5.14. The summed E-state index contributed by atoms with van der Waals surface area (Å²) in [6.07, 6.45) is 0.153. The Hall–Kier alpha value is -3.58. The summed E-state index contributed by atoms with van der Waals surface area (Å²) in [6, 6.07) is 23.4. The summed E-state index contributed by atoms with van der Waals surface area (Å²) in [6.45, 7) is 1.61. The van der Waals surface area contributed by atoms with Crippen LogP contribution >= 0.6 is 11.8 Å². The summed E-state index contributed by atoms with van der Waals surface area (Å²) in [5, 5.41) is 12.0. The third kappa shape index (κ3) is 7.22. The lowest BCUT2D eigenvalue weighted by molar-refractivity contribution is -0.116. The van der Waals surface area contributed by atoms with E-state index in [1.807, 2.05) is 48.5 Å². The fraction of sp³-hybridized carbons (Fsp3) is 0.192. The molecule has 33 heavy (non-hydrogen) atoms. The molecule has 1 unspecified atom stereocenters. The van der Waals surface area contributed by atoms with Crippen molar-refractivity contribution in [3.05, 3.63) is 95.6 Å². The molecule has 0 spiro atoms. The minimum atomic E-state index is -1.04. The highest BCUT2D eigenvalue weighted by Gasteiger charge is 2.20. The van der Waals surface area contributed by atoms with Crippen molar-refractivity contribution < 1.29 is 24.2 Å². The molecule has 0 saturated carbocycles. The van der Waals surface area contributed by atoms with Crippen LogP contribution < -0.4 is 10.1 Å². The Morgan fingerprint density at radius 2 is 1.61 bits per heavy atom. The molecule has 0 saturated heterocycles. The first-order valence-corrected chi connectivity index (χ1v) is 11.4. The molecular formula is C26H25NO5S. The molecule has 0 radical (unpaired) electrons. The number of aromatic carboxylic acids is 1. The Bertz CT molecular complexity index is 1100. The highest BCUT2D eigenvalue weighted by atomic mass is 32.2. The Kier molecular flexibility index (Phi) is 8.66. The number of hydrogen-bond donors (Lipinski definition) is 2. The minimum Gasteiger partial charge on any atom is -0.485 e. The van der Waals surface area contributed by atoms with Gasteiger partial charge in [-0.3, -0.25) is 9.59 Å². The van der Waals surface area contributed by atoms with E-state index in [0.29, 0.717) is 22.8 Å². The van der Waals surface area contributed by atoms with Gasteiger partial charge in [0.2, 0.25) is 11.0 Å². The van der Waals surface area contributed by atoms with Crippen LogP contribution in [0.2, 0.25) is 0 Å². The summed E-state index contributed by atoms with van der Waals surface area (Å²) in [4.78, 5) is 36.5. The molecule has 6 nitrogen and oxygen atoms in total. The second kappa shape index (κ2) is 11.9. The van der Waals surface area contributed by atoms with Crippen LogP contribution in [0.1, 0.15) is 33.8 Å². The highest BCUT2D eigenvalue weighted by Crippen LogP contribution is 2.26. The quantitative estimate of drug-likeness (QED) is 0.432. The number of carbonyl (C=O) groups is 3. The van der Waals surface area contributed by atoms with Crippen LogP contribution in [0.4, 0.5) is 5.69 Å². The van der Waals surface area contributed by atoms with Gasteiger partial charge < -0.3 is 15.2 Å². The summed E-state index contributed by atoms with van der Waals surface area (Å²) < 4.78 is 5.51. The molecule has 7 heteroatoms. The lowest BCUT2D eigenvalue weighted by atomic mass is 9.97. The maximum absolute atomic E-state index is 12.8. The van der Waals surface area contributed by atoms with Crippen molar-refractivity contribution >= 4 is 34.4 Å². The maximum Gasteiger partial charge on any atom is 0.336 e. The molecule has 0 bridgehead atoms. The summed E-state index contributed by atoms with van der Waals surface area (Å²) in [5.41, 5.74) is 2.06. The highest BCUT2D eigenvalue weighted by molar-refractivity contribution is 8.13. The fourth-order valence-electron chi connectivity index (χ4n) is 3.32. The van der Waals surface area contributed by atoms with Gasteiger partial charge in [0, 0.05) is 23.8 Å². The van der Waals surface area contributed by atoms with E-state index in [9.17, 15) is 19.5 Å². The van der Waals surface area contributed by atoms with Crippen molar-refractivity contribution in [2.75, 3.05) is 17.7 Å². The van der Waals surface area contributed by atoms with E-state index in [1.165, 1.54) is 6.07 Å². The molecule has 1 atom stereocenters. The van der Waals surface area contributed by atoms with Gasteiger partial charge in [-0.25, -0.2) is 4.79 Å². The van der Waals surface area contributed by atoms with E-state index in [1.54, 1.807) is 31.2 Å². The number of carbonyl (C=O) groups excluding carboxylic acids is 2. The first-order valence-electron chi connectivity index (χ1n) is 10.4. The lowest BCUT2D eigenvalue weighted by Crippen LogP contribution is -2.19. The number of benzene rings is 3. The van der Waals surface area contributed by atoms with Crippen molar-refractivity contribution in [3.8, 4) is 5.75 Å². The Balaban J connectivity index is 1.62. The predicted molar refractivity (Wildman–Crippen MR) is 130 cm³/mol. The third-order valence-corrected chi connectivity index (χ3v) is 6.10. The first kappa shape index (κ1) is 24.1. The molecule has 3 aromatic carbocycles. The number of ether oxygens (including phenoxy) is 1. The van der Waals surface area contributed by atoms with Crippen LogP contribution in [0.15, 0.2) is 78.9 Å². The van der Waals surface area contributed by atoms with E-state index in [4.69, 9.17) is 4.74 Å². The zero-order valence-electron chi connectivity index (χ0n) is 18.2. The number of anilines is 1. The van der Waals surface area contributed by atoms with E-state index < -0.39 is 5.97 Å². The molecule has 0 fully saturated rings. The van der Waals surface area contributed by atoms with E-state index in [0.717, 1.165) is 17.3 Å². The third-order valence-electron chi connectivity index (χ3n) is 5.09. The van der Waals surface area contributed by atoms with Crippen molar-refractivity contribution in [2.24, 2.45) is 0 Å². The number of thioether (sulfide) groups is 1. The molecule has 2 N–H and O–H groups in total. The molecule has 1 amide bonds. The number of carboxylic acid groups (broad SMARTS) is 1. The zero-order valence-corrected chi connectivity index (χ0v) is 19.0. The summed E-state index contributed by atoms with van der Waals surface area (Å²) in [5.74, 6) is -0.437. The van der Waals surface area contributed by atoms with Crippen LogP contribution in [-0.2, 0) is 9.59 Å². The van der Waals surface area contributed by atoms with Gasteiger partial charge in [0.25, 0.3) is 0 Å².